The first kappa shape index (κ1) is 43.6. The molecule has 0 unspecified atom stereocenters. The maximum atomic E-state index is 2.64. The Balaban J connectivity index is 0.000000343. The zero-order chi connectivity index (χ0) is 39.0. The molecule has 0 heterocycles. The zero-order valence-corrected chi connectivity index (χ0v) is 38.0. The molecular weight excluding hydrogens is 824 g/mol. The minimum absolute atomic E-state index is 0. The molecule has 0 spiro atoms. The van der Waals surface area contributed by atoms with Gasteiger partial charge in [-0.05, 0) is 90.3 Å². The zero-order valence-electron chi connectivity index (χ0n) is 33.0. The predicted molar refractivity (Wildman–Crippen MR) is 265 cm³/mol. The quantitative estimate of drug-likeness (QED) is 0.0755. The van der Waals surface area contributed by atoms with Gasteiger partial charge in [-0.25, -0.2) is 0 Å². The van der Waals surface area contributed by atoms with E-state index in [0.717, 1.165) is 8.58 Å². The predicted octanol–water partition coefficient (Wildman–Crippen LogP) is 9.90. The van der Waals surface area contributed by atoms with Gasteiger partial charge in [-0.15, -0.1) is 0 Å². The Bertz CT molecular complexity index is 1940. The summed E-state index contributed by atoms with van der Waals surface area (Å²) in [5.74, 6) is 0. The van der Waals surface area contributed by atoms with Crippen LogP contribution in [0, 0.1) is 5.41 Å². The largest absolute Gasteiger partial charge is 0.0967 e. The molecule has 8 rings (SSSR count). The summed E-state index contributed by atoms with van der Waals surface area (Å²) in [5, 5.41) is 11.9. The van der Waals surface area contributed by atoms with Crippen molar-refractivity contribution in [3.8, 4) is 0 Å². The smallest absolute Gasteiger partial charge is 0.0622 e. The van der Waals surface area contributed by atoms with Gasteiger partial charge in [-0.3, -0.25) is 0 Å². The van der Waals surface area contributed by atoms with E-state index in [9.17, 15) is 0 Å². The van der Waals surface area contributed by atoms with E-state index < -0.39 is 23.8 Å². The molecule has 293 valence electrons. The second kappa shape index (κ2) is 23.0. The van der Waals surface area contributed by atoms with Crippen LogP contribution in [0.2, 0.25) is 0 Å². The van der Waals surface area contributed by atoms with Gasteiger partial charge in [0.1, 0.15) is 0 Å². The van der Waals surface area contributed by atoms with E-state index >= 15 is 0 Å². The van der Waals surface area contributed by atoms with Crippen molar-refractivity contribution < 1.29 is 17.1 Å². The number of hydrogen-bond donors (Lipinski definition) is 0. The normalized spacial score (nSPS) is 11.1. The van der Waals surface area contributed by atoms with Crippen LogP contribution in [0.4, 0.5) is 0 Å². The van der Waals surface area contributed by atoms with Gasteiger partial charge in [-0.1, -0.05) is 178 Å². The summed E-state index contributed by atoms with van der Waals surface area (Å²) >= 11 is 0. The second-order valence-electron chi connectivity index (χ2n) is 14.8. The third-order valence-corrected chi connectivity index (χ3v) is 21.4. The Kier molecular flexibility index (Phi) is 17.3. The van der Waals surface area contributed by atoms with Gasteiger partial charge in [0.2, 0.25) is 0 Å². The Morgan fingerprint density at radius 2 is 0.466 bits per heavy atom. The monoisotopic (exact) mass is 876 g/mol. The summed E-state index contributed by atoms with van der Waals surface area (Å²) < 4.78 is 0. The van der Waals surface area contributed by atoms with Crippen molar-refractivity contribution in [1.82, 2.24) is 0 Å². The summed E-state index contributed by atoms with van der Waals surface area (Å²) in [6.45, 7) is 2.64. The Hall–Kier alpha value is -4.00. The van der Waals surface area contributed by atoms with Crippen LogP contribution in [-0.4, -0.2) is 18.5 Å². The molecule has 0 atom stereocenters. The Labute approximate surface area is 363 Å². The summed E-state index contributed by atoms with van der Waals surface area (Å²) in [6.07, 6.45) is 3.61. The molecule has 0 aromatic heterocycles. The number of hydrogen-bond acceptors (Lipinski definition) is 0. The molecule has 0 nitrogen and oxygen atoms in total. The minimum atomic E-state index is -1.04. The summed E-state index contributed by atoms with van der Waals surface area (Å²) in [5.41, 5.74) is 0.125. The molecule has 0 aliphatic heterocycles. The summed E-state index contributed by atoms with van der Waals surface area (Å²) in [7, 11) is -2.34. The second-order valence-corrected chi connectivity index (χ2v) is 23.6. The van der Waals surface area contributed by atoms with Crippen LogP contribution in [0.15, 0.2) is 243 Å². The third kappa shape index (κ3) is 12.7. The molecular formula is C53H53CuP4+3. The molecule has 8 aromatic carbocycles. The maximum Gasteiger partial charge on any atom is 0.0967 e. The first-order valence-corrected chi connectivity index (χ1v) is 26.0. The first-order valence-electron chi connectivity index (χ1n) is 19.9. The van der Waals surface area contributed by atoms with E-state index in [4.69, 9.17) is 0 Å². The SMILES string of the molecule is CC(C[PH+](c1ccccc1)c1ccccc1)(C[PH+](c1ccccc1)c1ccccc1)C[PH+](c1ccccc1)c1ccccc1.[Cu].c1ccc(Pc2ccccc2)cc1. The summed E-state index contributed by atoms with van der Waals surface area (Å²) in [4.78, 5) is 0. The molecule has 0 N–H and O–H groups in total. The fraction of sp³-hybridized carbons (Fsp3) is 0.0943. The van der Waals surface area contributed by atoms with E-state index in [1.165, 1.54) is 60.9 Å². The van der Waals surface area contributed by atoms with Crippen LogP contribution in [0.5, 0.6) is 0 Å². The van der Waals surface area contributed by atoms with Crippen molar-refractivity contribution in [3.05, 3.63) is 243 Å². The van der Waals surface area contributed by atoms with Crippen molar-refractivity contribution in [2.45, 2.75) is 6.92 Å². The van der Waals surface area contributed by atoms with Gasteiger partial charge in [0, 0.05) is 17.1 Å². The van der Waals surface area contributed by atoms with Crippen LogP contribution < -0.4 is 42.4 Å². The topological polar surface area (TPSA) is 0 Å². The van der Waals surface area contributed by atoms with Crippen LogP contribution >= 0.6 is 32.3 Å². The fourth-order valence-electron chi connectivity index (χ4n) is 7.63. The molecule has 1 radical (unpaired) electrons. The van der Waals surface area contributed by atoms with Gasteiger partial charge in [-0.2, -0.15) is 0 Å². The average Bonchev–Trinajstić information content (AvgIpc) is 3.29. The molecule has 58 heavy (non-hydrogen) atoms. The Morgan fingerprint density at radius 1 is 0.293 bits per heavy atom. The van der Waals surface area contributed by atoms with Gasteiger partial charge < -0.3 is 0 Å². The van der Waals surface area contributed by atoms with Crippen molar-refractivity contribution in [1.29, 1.82) is 0 Å². The molecule has 0 fully saturated rings. The van der Waals surface area contributed by atoms with Crippen LogP contribution in [0.25, 0.3) is 0 Å². The molecule has 8 aromatic rings. The van der Waals surface area contributed by atoms with Gasteiger partial charge >= 0.3 is 0 Å². The van der Waals surface area contributed by atoms with Crippen molar-refractivity contribution in [2.75, 3.05) is 18.5 Å². The molecule has 0 bridgehead atoms. The van der Waals surface area contributed by atoms with Crippen LogP contribution in [-0.2, 0) is 17.1 Å². The standard InChI is InChI=1S/C41H39P3.C12H11P.Cu/c1-41(32-42(35-20-8-2-9-21-35)36-22-10-3-11-23-36,33-43(37-24-12-4-13-25-37)38-26-14-5-15-27-38)34-44(39-28-16-6-17-29-39)40-30-18-7-19-31-40;1-3-7-11(8-4-1)13-12-9-5-2-6-10-12;/h2-31H,32-34H2,1H3;1-10,13H;/p+3. The van der Waals surface area contributed by atoms with Crippen molar-refractivity contribution in [2.24, 2.45) is 5.41 Å². The fourth-order valence-corrected chi connectivity index (χ4v) is 18.5. The van der Waals surface area contributed by atoms with Crippen LogP contribution in [0.3, 0.4) is 0 Å². The molecule has 0 amide bonds. The van der Waals surface area contributed by atoms with E-state index in [0.29, 0.717) is 0 Å². The Morgan fingerprint density at radius 3 is 0.655 bits per heavy atom. The summed E-state index contributed by atoms with van der Waals surface area (Å²) in [6, 6.07) is 89.4. The van der Waals surface area contributed by atoms with Gasteiger partial charge in [0.25, 0.3) is 0 Å². The average molecular weight is 877 g/mol. The molecule has 5 heteroatoms. The van der Waals surface area contributed by atoms with Gasteiger partial charge in [0.15, 0.2) is 0 Å². The van der Waals surface area contributed by atoms with E-state index in [1.54, 1.807) is 0 Å². The third-order valence-electron chi connectivity index (χ3n) is 10.4. The molecule has 0 aliphatic carbocycles. The molecule has 0 saturated carbocycles. The van der Waals surface area contributed by atoms with E-state index in [-0.39, 0.29) is 22.5 Å². The maximum absolute atomic E-state index is 2.64. The minimum Gasteiger partial charge on any atom is -0.0622 e. The number of rotatable bonds is 14. The molecule has 0 saturated heterocycles. The van der Waals surface area contributed by atoms with Gasteiger partial charge in [0.05, 0.1) is 79.5 Å². The van der Waals surface area contributed by atoms with Crippen molar-refractivity contribution >= 4 is 74.8 Å². The van der Waals surface area contributed by atoms with Crippen molar-refractivity contribution in [3.63, 3.8) is 0 Å². The van der Waals surface area contributed by atoms with Crippen LogP contribution in [0.1, 0.15) is 6.92 Å². The van der Waals surface area contributed by atoms with E-state index in [1.807, 2.05) is 0 Å². The molecule has 0 aliphatic rings. The van der Waals surface area contributed by atoms with E-state index in [2.05, 4.69) is 250 Å². The number of benzene rings is 8. The first-order chi connectivity index (χ1) is 28.1.